The highest BCUT2D eigenvalue weighted by molar-refractivity contribution is 9.10. The van der Waals surface area contributed by atoms with Gasteiger partial charge >= 0.3 is 0 Å². The molecule has 1 heterocycles. The fraction of sp³-hybridized carbons (Fsp3) is 0.381. The van der Waals surface area contributed by atoms with E-state index < -0.39 is 10.0 Å². The minimum atomic E-state index is -3.60. The number of carbonyl (C=O) groups excluding carboxylic acids is 1. The summed E-state index contributed by atoms with van der Waals surface area (Å²) in [4.78, 5) is 13.0. The van der Waals surface area contributed by atoms with Crippen LogP contribution < -0.4 is 14.8 Å². The fourth-order valence-electron chi connectivity index (χ4n) is 3.42. The first-order chi connectivity index (χ1) is 14.4. The zero-order chi connectivity index (χ0) is 21.7. The number of nitrogens with one attached hydrogen (secondary N) is 1. The SMILES string of the molecule is COc1cc(C(=O)NCc2ccccc2S(=O)(=O)N2CCCCC2)cc(OC)c1Br. The van der Waals surface area contributed by atoms with E-state index in [2.05, 4.69) is 21.2 Å². The minimum absolute atomic E-state index is 0.0861. The Morgan fingerprint density at radius 3 is 2.27 bits per heavy atom. The summed E-state index contributed by atoms with van der Waals surface area (Å²) in [6.45, 7) is 1.14. The number of methoxy groups -OCH3 is 2. The van der Waals surface area contributed by atoms with Gasteiger partial charge in [0.05, 0.1) is 19.1 Å². The molecule has 9 heteroatoms. The van der Waals surface area contributed by atoms with Crippen LogP contribution in [0, 0.1) is 0 Å². The van der Waals surface area contributed by atoms with Crippen molar-refractivity contribution in [3.8, 4) is 11.5 Å². The van der Waals surface area contributed by atoms with Gasteiger partial charge in [0, 0.05) is 25.2 Å². The van der Waals surface area contributed by atoms with E-state index in [1.807, 2.05) is 0 Å². The molecule has 0 aromatic heterocycles. The molecule has 3 rings (SSSR count). The van der Waals surface area contributed by atoms with E-state index in [9.17, 15) is 13.2 Å². The van der Waals surface area contributed by atoms with Gasteiger partial charge in [-0.25, -0.2) is 8.42 Å². The number of hydrogen-bond acceptors (Lipinski definition) is 5. The monoisotopic (exact) mass is 496 g/mol. The average molecular weight is 497 g/mol. The Morgan fingerprint density at radius 1 is 1.07 bits per heavy atom. The lowest BCUT2D eigenvalue weighted by Crippen LogP contribution is -2.36. The summed E-state index contributed by atoms with van der Waals surface area (Å²) in [5.41, 5.74) is 0.899. The Kier molecular flexibility index (Phi) is 7.38. The number of halogens is 1. The Morgan fingerprint density at radius 2 is 1.67 bits per heavy atom. The zero-order valence-corrected chi connectivity index (χ0v) is 19.4. The second-order valence-corrected chi connectivity index (χ2v) is 9.65. The number of rotatable bonds is 7. The number of nitrogens with zero attached hydrogens (tertiary/aromatic N) is 1. The van der Waals surface area contributed by atoms with Gasteiger partial charge in [-0.1, -0.05) is 24.6 Å². The molecule has 1 fully saturated rings. The second kappa shape index (κ2) is 9.80. The van der Waals surface area contributed by atoms with Gasteiger partial charge in [0.2, 0.25) is 10.0 Å². The quantitative estimate of drug-likeness (QED) is 0.633. The molecule has 1 N–H and O–H groups in total. The lowest BCUT2D eigenvalue weighted by molar-refractivity contribution is 0.0949. The van der Waals surface area contributed by atoms with E-state index >= 15 is 0 Å². The first kappa shape index (κ1) is 22.6. The highest BCUT2D eigenvalue weighted by Gasteiger charge is 2.28. The van der Waals surface area contributed by atoms with Gasteiger partial charge in [0.1, 0.15) is 16.0 Å². The van der Waals surface area contributed by atoms with Crippen molar-refractivity contribution in [3.63, 3.8) is 0 Å². The molecule has 162 valence electrons. The van der Waals surface area contributed by atoms with Crippen molar-refractivity contribution in [2.75, 3.05) is 27.3 Å². The van der Waals surface area contributed by atoms with Gasteiger partial charge < -0.3 is 14.8 Å². The highest BCUT2D eigenvalue weighted by atomic mass is 79.9. The Bertz CT molecular complexity index is 995. The van der Waals surface area contributed by atoms with Crippen LogP contribution in [-0.4, -0.2) is 45.9 Å². The summed E-state index contributed by atoms with van der Waals surface area (Å²) < 4.78 is 38.9. The van der Waals surface area contributed by atoms with E-state index in [0.717, 1.165) is 19.3 Å². The second-order valence-electron chi connectivity index (χ2n) is 6.95. The van der Waals surface area contributed by atoms with E-state index in [1.165, 1.54) is 18.5 Å². The van der Waals surface area contributed by atoms with Crippen LogP contribution in [0.1, 0.15) is 35.2 Å². The van der Waals surface area contributed by atoms with Crippen LogP contribution in [0.15, 0.2) is 45.8 Å². The van der Waals surface area contributed by atoms with E-state index in [0.29, 0.717) is 40.2 Å². The van der Waals surface area contributed by atoms with Gasteiger partial charge in [-0.3, -0.25) is 4.79 Å². The maximum absolute atomic E-state index is 13.1. The molecular formula is C21H25BrN2O5S. The summed E-state index contributed by atoms with van der Waals surface area (Å²) in [6, 6.07) is 9.97. The van der Waals surface area contributed by atoms with Crippen LogP contribution in [0.2, 0.25) is 0 Å². The summed E-state index contributed by atoms with van der Waals surface area (Å²) in [6.07, 6.45) is 2.78. The number of benzene rings is 2. The molecule has 0 radical (unpaired) electrons. The standard InChI is InChI=1S/C21H25BrN2O5S/c1-28-17-12-16(13-18(29-2)20(17)22)21(25)23-14-15-8-4-5-9-19(15)30(26,27)24-10-6-3-7-11-24/h4-5,8-9,12-13H,3,6-7,10-11,14H2,1-2H3,(H,23,25). The molecule has 0 saturated carbocycles. The molecule has 0 unspecified atom stereocenters. The van der Waals surface area contributed by atoms with Crippen molar-refractivity contribution in [3.05, 3.63) is 52.0 Å². The number of piperidine rings is 1. The molecule has 7 nitrogen and oxygen atoms in total. The van der Waals surface area contributed by atoms with Crippen LogP contribution in [0.4, 0.5) is 0 Å². The fourth-order valence-corrected chi connectivity index (χ4v) is 5.72. The number of sulfonamides is 1. The molecule has 2 aromatic carbocycles. The first-order valence-electron chi connectivity index (χ1n) is 9.66. The van der Waals surface area contributed by atoms with E-state index in [1.54, 1.807) is 36.4 Å². The predicted molar refractivity (Wildman–Crippen MR) is 117 cm³/mol. The molecule has 0 aliphatic carbocycles. The van der Waals surface area contributed by atoms with Crippen molar-refractivity contribution in [1.29, 1.82) is 0 Å². The lowest BCUT2D eigenvalue weighted by atomic mass is 10.1. The molecule has 1 amide bonds. The summed E-state index contributed by atoms with van der Waals surface area (Å²) in [7, 11) is -0.591. The molecule has 30 heavy (non-hydrogen) atoms. The zero-order valence-electron chi connectivity index (χ0n) is 17.0. The third kappa shape index (κ3) is 4.79. The molecule has 0 bridgehead atoms. The summed E-state index contributed by atoms with van der Waals surface area (Å²) in [5, 5.41) is 2.80. The van der Waals surface area contributed by atoms with Crippen molar-refractivity contribution >= 4 is 31.9 Å². The average Bonchev–Trinajstić information content (AvgIpc) is 2.78. The Balaban J connectivity index is 1.81. The van der Waals surface area contributed by atoms with Gasteiger partial charge in [-0.05, 0) is 52.5 Å². The van der Waals surface area contributed by atoms with Crippen LogP contribution in [0.3, 0.4) is 0 Å². The molecule has 1 aliphatic heterocycles. The summed E-state index contributed by atoms with van der Waals surface area (Å²) >= 11 is 3.38. The predicted octanol–water partition coefficient (Wildman–Crippen LogP) is 3.57. The van der Waals surface area contributed by atoms with Crippen molar-refractivity contribution < 1.29 is 22.7 Å². The largest absolute Gasteiger partial charge is 0.495 e. The summed E-state index contributed by atoms with van der Waals surface area (Å²) in [5.74, 6) is 0.574. The number of hydrogen-bond donors (Lipinski definition) is 1. The lowest BCUT2D eigenvalue weighted by Gasteiger charge is -2.26. The van der Waals surface area contributed by atoms with Gasteiger partial charge in [0.25, 0.3) is 5.91 Å². The van der Waals surface area contributed by atoms with Gasteiger partial charge in [0.15, 0.2) is 0 Å². The van der Waals surface area contributed by atoms with Crippen LogP contribution in [0.5, 0.6) is 11.5 Å². The topological polar surface area (TPSA) is 84.9 Å². The van der Waals surface area contributed by atoms with Crippen molar-refractivity contribution in [1.82, 2.24) is 9.62 Å². The minimum Gasteiger partial charge on any atom is -0.495 e. The Hall–Kier alpha value is -2.10. The molecule has 2 aromatic rings. The number of ether oxygens (including phenoxy) is 2. The number of amides is 1. The van der Waals surface area contributed by atoms with Gasteiger partial charge in [-0.2, -0.15) is 4.31 Å². The number of carbonyl (C=O) groups is 1. The maximum atomic E-state index is 13.1. The van der Waals surface area contributed by atoms with E-state index in [4.69, 9.17) is 9.47 Å². The maximum Gasteiger partial charge on any atom is 0.251 e. The van der Waals surface area contributed by atoms with E-state index in [-0.39, 0.29) is 17.3 Å². The molecule has 0 spiro atoms. The molecule has 1 saturated heterocycles. The van der Waals surface area contributed by atoms with Crippen molar-refractivity contribution in [2.24, 2.45) is 0 Å². The molecular weight excluding hydrogens is 472 g/mol. The normalized spacial score (nSPS) is 14.9. The third-order valence-electron chi connectivity index (χ3n) is 5.05. The van der Waals surface area contributed by atoms with Gasteiger partial charge in [-0.15, -0.1) is 0 Å². The third-order valence-corrected chi connectivity index (χ3v) is 7.83. The first-order valence-corrected chi connectivity index (χ1v) is 11.9. The molecule has 1 aliphatic rings. The van der Waals surface area contributed by atoms with Crippen LogP contribution in [-0.2, 0) is 16.6 Å². The Labute approximate surface area is 185 Å². The molecule has 0 atom stereocenters. The van der Waals surface area contributed by atoms with Crippen molar-refractivity contribution in [2.45, 2.75) is 30.7 Å². The van der Waals surface area contributed by atoms with Crippen LogP contribution >= 0.6 is 15.9 Å². The highest BCUT2D eigenvalue weighted by Crippen LogP contribution is 2.35. The van der Waals surface area contributed by atoms with Crippen LogP contribution in [0.25, 0.3) is 0 Å². The smallest absolute Gasteiger partial charge is 0.251 e.